The van der Waals surface area contributed by atoms with Crippen LogP contribution in [-0.4, -0.2) is 37.2 Å². The maximum absolute atomic E-state index is 12.8. The number of hydrogen-bond acceptors (Lipinski definition) is 5. The van der Waals surface area contributed by atoms with Crippen molar-refractivity contribution in [1.82, 2.24) is 10.7 Å². The molecule has 0 unspecified atom stereocenters. The average Bonchev–Trinajstić information content (AvgIpc) is 2.81. The molecule has 0 aliphatic heterocycles. The molecule has 0 atom stereocenters. The van der Waals surface area contributed by atoms with Crippen LogP contribution in [0, 0.1) is 0 Å². The third-order valence-corrected chi connectivity index (χ3v) is 5.10. The lowest BCUT2D eigenvalue weighted by Gasteiger charge is -2.12. The first-order valence-electron chi connectivity index (χ1n) is 10.0. The van der Waals surface area contributed by atoms with Crippen molar-refractivity contribution in [3.05, 3.63) is 99.7 Å². The number of nitrogens with zero attached hydrogens (tertiary/aromatic N) is 2. The molecule has 0 aliphatic rings. The first kappa shape index (κ1) is 23.7. The SMILES string of the molecule is CN(C)c1ccc(C=C(NC(=O)c2ccccc2)C(=O)N/N=C/c2cc(Br)ccc2O)cc1. The van der Waals surface area contributed by atoms with Gasteiger partial charge in [-0.25, -0.2) is 5.43 Å². The van der Waals surface area contributed by atoms with Gasteiger partial charge in [0.15, 0.2) is 0 Å². The zero-order valence-corrected chi connectivity index (χ0v) is 19.7. The lowest BCUT2D eigenvalue weighted by molar-refractivity contribution is -0.117. The minimum atomic E-state index is -0.610. The van der Waals surface area contributed by atoms with Gasteiger partial charge in [-0.1, -0.05) is 46.3 Å². The van der Waals surface area contributed by atoms with Crippen LogP contribution in [0.25, 0.3) is 6.08 Å². The zero-order valence-electron chi connectivity index (χ0n) is 18.1. The van der Waals surface area contributed by atoms with Crippen molar-refractivity contribution in [1.29, 1.82) is 0 Å². The summed E-state index contributed by atoms with van der Waals surface area (Å²) < 4.78 is 0.755. The van der Waals surface area contributed by atoms with Gasteiger partial charge in [0.25, 0.3) is 11.8 Å². The van der Waals surface area contributed by atoms with Gasteiger partial charge in [-0.3, -0.25) is 9.59 Å². The van der Waals surface area contributed by atoms with Gasteiger partial charge < -0.3 is 15.3 Å². The quantitative estimate of drug-likeness (QED) is 0.255. The van der Waals surface area contributed by atoms with Crippen LogP contribution in [0.2, 0.25) is 0 Å². The topological polar surface area (TPSA) is 94.0 Å². The molecule has 0 bridgehead atoms. The van der Waals surface area contributed by atoms with E-state index in [1.54, 1.807) is 48.5 Å². The summed E-state index contributed by atoms with van der Waals surface area (Å²) >= 11 is 3.32. The fourth-order valence-corrected chi connectivity index (χ4v) is 3.21. The zero-order chi connectivity index (χ0) is 23.8. The molecule has 7 nitrogen and oxygen atoms in total. The van der Waals surface area contributed by atoms with Crippen LogP contribution in [0.5, 0.6) is 5.75 Å². The number of carbonyl (C=O) groups excluding carboxylic acids is 2. The van der Waals surface area contributed by atoms with Crippen molar-refractivity contribution in [3.8, 4) is 5.75 Å². The van der Waals surface area contributed by atoms with Crippen molar-refractivity contribution in [3.63, 3.8) is 0 Å². The summed E-state index contributed by atoms with van der Waals surface area (Å²) in [4.78, 5) is 27.5. The fraction of sp³-hybridized carbons (Fsp3) is 0.0800. The largest absolute Gasteiger partial charge is 0.507 e. The Balaban J connectivity index is 1.83. The van der Waals surface area contributed by atoms with Crippen LogP contribution in [0.1, 0.15) is 21.5 Å². The number of rotatable bonds is 7. The summed E-state index contributed by atoms with van der Waals surface area (Å²) in [5.41, 5.74) is 4.99. The average molecular weight is 507 g/mol. The molecule has 0 aliphatic carbocycles. The normalized spacial score (nSPS) is 11.3. The smallest absolute Gasteiger partial charge is 0.287 e. The van der Waals surface area contributed by atoms with Gasteiger partial charge in [0.05, 0.1) is 6.21 Å². The molecule has 3 aromatic carbocycles. The van der Waals surface area contributed by atoms with Gasteiger partial charge in [-0.15, -0.1) is 0 Å². The predicted molar refractivity (Wildman–Crippen MR) is 134 cm³/mol. The van der Waals surface area contributed by atoms with E-state index >= 15 is 0 Å². The van der Waals surface area contributed by atoms with E-state index in [4.69, 9.17) is 0 Å². The van der Waals surface area contributed by atoms with Crippen LogP contribution in [0.15, 0.2) is 88.1 Å². The van der Waals surface area contributed by atoms with E-state index in [0.29, 0.717) is 11.1 Å². The molecular formula is C25H23BrN4O3. The Bertz CT molecular complexity index is 1190. The van der Waals surface area contributed by atoms with Crippen LogP contribution >= 0.6 is 15.9 Å². The number of carbonyl (C=O) groups is 2. The lowest BCUT2D eigenvalue weighted by atomic mass is 10.1. The number of phenols is 1. The molecular weight excluding hydrogens is 484 g/mol. The first-order chi connectivity index (χ1) is 15.8. The molecule has 0 spiro atoms. The molecule has 168 valence electrons. The molecule has 0 saturated heterocycles. The summed E-state index contributed by atoms with van der Waals surface area (Å²) in [6.07, 6.45) is 2.89. The highest BCUT2D eigenvalue weighted by Gasteiger charge is 2.14. The summed E-state index contributed by atoms with van der Waals surface area (Å²) in [7, 11) is 3.87. The first-order valence-corrected chi connectivity index (χ1v) is 10.8. The Morgan fingerprint density at radius 2 is 1.70 bits per heavy atom. The molecule has 3 N–H and O–H groups in total. The van der Waals surface area contributed by atoms with Crippen molar-refractivity contribution < 1.29 is 14.7 Å². The standard InChI is InChI=1S/C25H23BrN4O3/c1-30(2)21-11-8-17(9-12-21)14-22(28-24(32)18-6-4-3-5-7-18)25(33)29-27-16-19-15-20(26)10-13-23(19)31/h3-16,31H,1-2H3,(H,28,32)(H,29,33)/b22-14?,27-16+. The van der Waals surface area contributed by atoms with E-state index in [0.717, 1.165) is 15.7 Å². The van der Waals surface area contributed by atoms with E-state index in [1.807, 2.05) is 43.3 Å². The maximum atomic E-state index is 12.8. The van der Waals surface area contributed by atoms with E-state index < -0.39 is 11.8 Å². The number of benzene rings is 3. The van der Waals surface area contributed by atoms with Gasteiger partial charge in [-0.2, -0.15) is 5.10 Å². The maximum Gasteiger partial charge on any atom is 0.287 e. The highest BCUT2D eigenvalue weighted by molar-refractivity contribution is 9.10. The van der Waals surface area contributed by atoms with E-state index in [2.05, 4.69) is 31.8 Å². The second-order valence-corrected chi connectivity index (χ2v) is 8.18. The second kappa shape index (κ2) is 11.1. The minimum Gasteiger partial charge on any atom is -0.507 e. The minimum absolute atomic E-state index is 0.0188. The molecule has 2 amide bonds. The molecule has 0 saturated carbocycles. The van der Waals surface area contributed by atoms with Crippen LogP contribution in [-0.2, 0) is 4.79 Å². The van der Waals surface area contributed by atoms with E-state index in [9.17, 15) is 14.7 Å². The monoisotopic (exact) mass is 506 g/mol. The summed E-state index contributed by atoms with van der Waals surface area (Å²) in [6, 6.07) is 21.0. The van der Waals surface area contributed by atoms with Gasteiger partial charge in [0.2, 0.25) is 0 Å². The number of aromatic hydroxyl groups is 1. The summed E-state index contributed by atoms with van der Waals surface area (Å²) in [5, 5.41) is 16.5. The van der Waals surface area contributed by atoms with Crippen molar-refractivity contribution >= 4 is 45.7 Å². The Labute approximate surface area is 200 Å². The summed E-state index contributed by atoms with van der Waals surface area (Å²) in [5.74, 6) is -1.01. The molecule has 33 heavy (non-hydrogen) atoms. The highest BCUT2D eigenvalue weighted by Crippen LogP contribution is 2.20. The second-order valence-electron chi connectivity index (χ2n) is 7.27. The molecule has 0 fully saturated rings. The molecule has 0 radical (unpaired) electrons. The number of anilines is 1. The molecule has 3 rings (SSSR count). The predicted octanol–water partition coefficient (Wildman–Crippen LogP) is 4.14. The molecule has 3 aromatic rings. The van der Waals surface area contributed by atoms with E-state index in [1.165, 1.54) is 12.3 Å². The van der Waals surface area contributed by atoms with E-state index in [-0.39, 0.29) is 11.4 Å². The number of halogens is 1. The Hall–Kier alpha value is -3.91. The fourth-order valence-electron chi connectivity index (χ4n) is 2.83. The van der Waals surface area contributed by atoms with Crippen molar-refractivity contribution in [2.75, 3.05) is 19.0 Å². The van der Waals surface area contributed by atoms with Gasteiger partial charge in [-0.05, 0) is 54.1 Å². The lowest BCUT2D eigenvalue weighted by Crippen LogP contribution is -2.32. The van der Waals surface area contributed by atoms with Crippen LogP contribution < -0.4 is 15.6 Å². The highest BCUT2D eigenvalue weighted by atomic mass is 79.9. The Morgan fingerprint density at radius 1 is 1.00 bits per heavy atom. The number of nitrogens with one attached hydrogen (secondary N) is 2. The number of hydrazone groups is 1. The van der Waals surface area contributed by atoms with Crippen molar-refractivity contribution in [2.45, 2.75) is 0 Å². The molecule has 0 heterocycles. The molecule has 8 heteroatoms. The van der Waals surface area contributed by atoms with Gasteiger partial charge in [0, 0.05) is 35.4 Å². The third-order valence-electron chi connectivity index (χ3n) is 4.61. The van der Waals surface area contributed by atoms with Crippen LogP contribution in [0.4, 0.5) is 5.69 Å². The number of amides is 2. The molecule has 0 aromatic heterocycles. The number of hydrogen-bond donors (Lipinski definition) is 3. The summed E-state index contributed by atoms with van der Waals surface area (Å²) in [6.45, 7) is 0. The van der Waals surface area contributed by atoms with Gasteiger partial charge >= 0.3 is 0 Å². The Kier molecular flexibility index (Phi) is 7.99. The third kappa shape index (κ3) is 6.78. The van der Waals surface area contributed by atoms with Gasteiger partial charge in [0.1, 0.15) is 11.4 Å². The number of phenolic OH excluding ortho intramolecular Hbond substituents is 1. The Morgan fingerprint density at radius 3 is 2.36 bits per heavy atom. The van der Waals surface area contributed by atoms with Crippen molar-refractivity contribution in [2.24, 2.45) is 5.10 Å². The van der Waals surface area contributed by atoms with Crippen LogP contribution in [0.3, 0.4) is 0 Å².